The lowest BCUT2D eigenvalue weighted by molar-refractivity contribution is -0.873. The van der Waals surface area contributed by atoms with Gasteiger partial charge >= 0.3 is 0 Å². The van der Waals surface area contributed by atoms with Crippen LogP contribution in [0.1, 0.15) is 18.9 Å². The van der Waals surface area contributed by atoms with Crippen molar-refractivity contribution < 1.29 is 13.8 Å². The number of aryl methyl sites for hydroxylation is 1. The van der Waals surface area contributed by atoms with Gasteiger partial charge in [0.15, 0.2) is 12.7 Å². The summed E-state index contributed by atoms with van der Waals surface area (Å²) in [6.07, 6.45) is 7.16. The molecule has 0 fully saturated rings. The van der Waals surface area contributed by atoms with Crippen LogP contribution in [0.3, 0.4) is 0 Å². The monoisotopic (exact) mass is 389 g/mol. The number of carbonyl (C=O) groups is 1. The summed E-state index contributed by atoms with van der Waals surface area (Å²) in [5.74, 6) is -0.0111. The number of carbonyl (C=O) groups excluding carboxylic acids is 1. The van der Waals surface area contributed by atoms with Gasteiger partial charge in [0.05, 0.1) is 39.5 Å². The van der Waals surface area contributed by atoms with Crippen LogP contribution in [0.25, 0.3) is 17.0 Å². The largest absolute Gasteiger partial charge is 0.331 e. The van der Waals surface area contributed by atoms with E-state index in [0.717, 1.165) is 35.2 Å². The maximum Gasteiger partial charge on any atom is 0.227 e. The number of pyridine rings is 1. The van der Waals surface area contributed by atoms with E-state index in [2.05, 4.69) is 62.2 Å². The van der Waals surface area contributed by atoms with Gasteiger partial charge in [-0.3, -0.25) is 9.69 Å². The van der Waals surface area contributed by atoms with E-state index in [0.29, 0.717) is 0 Å². The van der Waals surface area contributed by atoms with Gasteiger partial charge in [-0.1, -0.05) is 30.3 Å². The molecule has 0 unspecified atom stereocenters. The van der Waals surface area contributed by atoms with Crippen LogP contribution in [-0.4, -0.2) is 38.1 Å². The van der Waals surface area contributed by atoms with Gasteiger partial charge in [0.2, 0.25) is 11.4 Å². The minimum absolute atomic E-state index is 0.0111. The fraction of sp³-hybridized carbons (Fsp3) is 0.280. The standard InChI is InChI=1S/C25H31N3O/c1-21(29)27(23-11-6-5-7-12-23)19-16-22-15-18-26(17-10-20-28(2,3)4)25-14-9-8-13-24(22)25/h5-9,11-16,18-19H,10,17,20H2,1-4H3/q+2. The first kappa shape index (κ1) is 20.7. The van der Waals surface area contributed by atoms with Crippen molar-refractivity contribution >= 4 is 28.6 Å². The van der Waals surface area contributed by atoms with Crippen LogP contribution in [0.5, 0.6) is 0 Å². The topological polar surface area (TPSA) is 24.2 Å². The molecule has 0 radical (unpaired) electrons. The minimum atomic E-state index is -0.0111. The number of fused-ring (bicyclic) bond motifs is 1. The summed E-state index contributed by atoms with van der Waals surface area (Å²) in [7, 11) is 6.68. The van der Waals surface area contributed by atoms with Crippen molar-refractivity contribution in [1.82, 2.24) is 0 Å². The molecule has 1 aromatic heterocycles. The molecule has 0 saturated carbocycles. The zero-order valence-corrected chi connectivity index (χ0v) is 17.9. The first-order valence-corrected chi connectivity index (χ1v) is 10.1. The number of aromatic nitrogens is 1. The van der Waals surface area contributed by atoms with Crippen molar-refractivity contribution in [3.8, 4) is 0 Å². The Hall–Kier alpha value is -2.98. The molecule has 0 aliphatic heterocycles. The highest BCUT2D eigenvalue weighted by Gasteiger charge is 2.14. The van der Waals surface area contributed by atoms with Gasteiger partial charge in [-0.05, 0) is 29.8 Å². The van der Waals surface area contributed by atoms with Gasteiger partial charge in [-0.15, -0.1) is 0 Å². The molecule has 0 N–H and O–H groups in total. The zero-order chi connectivity index (χ0) is 20.9. The highest BCUT2D eigenvalue weighted by Crippen LogP contribution is 2.19. The van der Waals surface area contributed by atoms with Gasteiger partial charge in [-0.25, -0.2) is 0 Å². The number of hydrogen-bond acceptors (Lipinski definition) is 1. The Balaban J connectivity index is 1.89. The van der Waals surface area contributed by atoms with Crippen molar-refractivity contribution in [2.75, 3.05) is 32.6 Å². The molecule has 29 heavy (non-hydrogen) atoms. The summed E-state index contributed by atoms with van der Waals surface area (Å²) in [6.45, 7) is 3.71. The van der Waals surface area contributed by atoms with Crippen LogP contribution in [-0.2, 0) is 11.3 Å². The van der Waals surface area contributed by atoms with E-state index in [1.54, 1.807) is 11.8 Å². The normalized spacial score (nSPS) is 11.9. The second-order valence-corrected chi connectivity index (χ2v) is 8.39. The fourth-order valence-electron chi connectivity index (χ4n) is 3.48. The number of nitrogens with zero attached hydrogens (tertiary/aromatic N) is 3. The average molecular weight is 390 g/mol. The quantitative estimate of drug-likeness (QED) is 0.438. The maximum atomic E-state index is 12.2. The van der Waals surface area contributed by atoms with Gasteiger partial charge < -0.3 is 4.48 Å². The Bertz CT molecular complexity index is 1000. The summed E-state index contributed by atoms with van der Waals surface area (Å²) in [5, 5.41) is 1.19. The van der Waals surface area contributed by atoms with E-state index in [9.17, 15) is 4.79 Å². The molecule has 1 heterocycles. The van der Waals surface area contributed by atoms with E-state index in [4.69, 9.17) is 0 Å². The molecule has 1 amide bonds. The Morgan fingerprint density at radius 3 is 2.38 bits per heavy atom. The lowest BCUT2D eigenvalue weighted by Gasteiger charge is -2.22. The lowest BCUT2D eigenvalue weighted by Crippen LogP contribution is -2.40. The van der Waals surface area contributed by atoms with Crippen LogP contribution in [0.15, 0.2) is 73.1 Å². The molecule has 4 heteroatoms. The van der Waals surface area contributed by atoms with Gasteiger partial charge in [0.1, 0.15) is 0 Å². The predicted octanol–water partition coefficient (Wildman–Crippen LogP) is 4.25. The van der Waals surface area contributed by atoms with Crippen LogP contribution >= 0.6 is 0 Å². The maximum absolute atomic E-state index is 12.2. The number of amides is 1. The van der Waals surface area contributed by atoms with E-state index in [1.165, 1.54) is 10.9 Å². The number of rotatable bonds is 7. The number of quaternary nitrogens is 1. The molecule has 0 atom stereocenters. The summed E-state index contributed by atoms with van der Waals surface area (Å²) < 4.78 is 3.29. The Labute approximate surface area is 173 Å². The average Bonchev–Trinajstić information content (AvgIpc) is 2.69. The first-order chi connectivity index (χ1) is 13.8. The minimum Gasteiger partial charge on any atom is -0.331 e. The number of benzene rings is 2. The molecular weight excluding hydrogens is 358 g/mol. The second-order valence-electron chi connectivity index (χ2n) is 8.39. The molecule has 4 nitrogen and oxygen atoms in total. The third kappa shape index (κ3) is 5.52. The molecule has 2 aromatic carbocycles. The molecule has 0 aliphatic carbocycles. The summed E-state index contributed by atoms with van der Waals surface area (Å²) in [5.41, 5.74) is 3.18. The van der Waals surface area contributed by atoms with Crippen molar-refractivity contribution in [3.63, 3.8) is 0 Å². The van der Waals surface area contributed by atoms with Crippen LogP contribution in [0.4, 0.5) is 5.69 Å². The van der Waals surface area contributed by atoms with Crippen molar-refractivity contribution in [2.45, 2.75) is 19.9 Å². The van der Waals surface area contributed by atoms with E-state index in [-0.39, 0.29) is 5.91 Å². The first-order valence-electron chi connectivity index (χ1n) is 10.1. The van der Waals surface area contributed by atoms with Gasteiger partial charge in [-0.2, -0.15) is 4.57 Å². The summed E-state index contributed by atoms with van der Waals surface area (Å²) >= 11 is 0. The third-order valence-corrected chi connectivity index (χ3v) is 4.96. The fourth-order valence-corrected chi connectivity index (χ4v) is 3.48. The molecule has 0 aliphatic rings. The molecular formula is C25H31N3O+2. The van der Waals surface area contributed by atoms with Gasteiger partial charge in [0, 0.05) is 30.9 Å². The Morgan fingerprint density at radius 1 is 1.00 bits per heavy atom. The van der Waals surface area contributed by atoms with Crippen molar-refractivity contribution in [3.05, 3.63) is 78.6 Å². The van der Waals surface area contributed by atoms with Crippen molar-refractivity contribution in [2.24, 2.45) is 0 Å². The second kappa shape index (κ2) is 9.01. The van der Waals surface area contributed by atoms with Gasteiger partial charge in [0.25, 0.3) is 0 Å². The molecule has 3 aromatic rings. The van der Waals surface area contributed by atoms with Crippen LogP contribution < -0.4 is 9.47 Å². The third-order valence-electron chi connectivity index (χ3n) is 4.96. The van der Waals surface area contributed by atoms with Crippen LogP contribution in [0.2, 0.25) is 0 Å². The van der Waals surface area contributed by atoms with E-state index >= 15 is 0 Å². The molecule has 3 rings (SSSR count). The lowest BCUT2D eigenvalue weighted by atomic mass is 10.1. The molecule has 0 saturated heterocycles. The number of hydrogen-bond donors (Lipinski definition) is 0. The Kier molecular flexibility index (Phi) is 6.45. The van der Waals surface area contributed by atoms with Crippen LogP contribution in [0, 0.1) is 0 Å². The summed E-state index contributed by atoms with van der Waals surface area (Å²) in [4.78, 5) is 13.8. The van der Waals surface area contributed by atoms with Crippen molar-refractivity contribution in [1.29, 1.82) is 0 Å². The SMILES string of the molecule is CC(=O)N(C=Cc1cc[n+](CCC[N+](C)(C)C)c2ccccc12)c1ccccc1. The number of para-hydroxylation sites is 2. The molecule has 0 spiro atoms. The molecule has 0 bridgehead atoms. The van der Waals surface area contributed by atoms with E-state index < -0.39 is 0 Å². The number of anilines is 1. The zero-order valence-electron chi connectivity index (χ0n) is 17.9. The highest BCUT2D eigenvalue weighted by molar-refractivity contribution is 5.95. The highest BCUT2D eigenvalue weighted by atomic mass is 16.2. The Morgan fingerprint density at radius 2 is 1.69 bits per heavy atom. The smallest absolute Gasteiger partial charge is 0.227 e. The summed E-state index contributed by atoms with van der Waals surface area (Å²) in [6, 6.07) is 20.3. The predicted molar refractivity (Wildman–Crippen MR) is 120 cm³/mol. The molecule has 150 valence electrons. The van der Waals surface area contributed by atoms with E-state index in [1.807, 2.05) is 42.6 Å².